The highest BCUT2D eigenvalue weighted by molar-refractivity contribution is 7.22. The van der Waals surface area contributed by atoms with Crippen molar-refractivity contribution < 1.29 is 4.39 Å². The Kier molecular flexibility index (Phi) is 1.94. The van der Waals surface area contributed by atoms with Gasteiger partial charge in [0, 0.05) is 0 Å². The Hall–Kier alpha value is -0.380. The molecular formula is C7H2Cl2FNS. The van der Waals surface area contributed by atoms with E-state index in [9.17, 15) is 4.39 Å². The third-order valence-corrected chi connectivity index (χ3v) is 3.04. The number of hydrogen-bond acceptors (Lipinski definition) is 2. The van der Waals surface area contributed by atoms with E-state index < -0.39 is 5.82 Å². The van der Waals surface area contributed by atoms with Crippen molar-refractivity contribution in [2.24, 2.45) is 0 Å². The van der Waals surface area contributed by atoms with Crippen LogP contribution in [0, 0.1) is 5.82 Å². The minimum absolute atomic E-state index is 0.248. The van der Waals surface area contributed by atoms with E-state index in [1.807, 2.05) is 0 Å². The molecule has 62 valence electrons. The highest BCUT2D eigenvalue weighted by atomic mass is 35.5. The van der Waals surface area contributed by atoms with E-state index in [1.165, 1.54) is 23.5 Å². The van der Waals surface area contributed by atoms with Crippen LogP contribution in [0.4, 0.5) is 4.39 Å². The van der Waals surface area contributed by atoms with Crippen molar-refractivity contribution >= 4 is 44.8 Å². The summed E-state index contributed by atoms with van der Waals surface area (Å²) in [5.74, 6) is -0.391. The van der Waals surface area contributed by atoms with Gasteiger partial charge in [-0.05, 0) is 12.1 Å². The first-order valence-corrected chi connectivity index (χ1v) is 4.66. The lowest BCUT2D eigenvalue weighted by Gasteiger charge is -1.91. The normalized spacial score (nSPS) is 10.9. The fourth-order valence-electron chi connectivity index (χ4n) is 0.919. The molecule has 0 radical (unpaired) electrons. The molecule has 12 heavy (non-hydrogen) atoms. The van der Waals surface area contributed by atoms with Crippen molar-refractivity contribution in [3.8, 4) is 0 Å². The van der Waals surface area contributed by atoms with Crippen molar-refractivity contribution in [3.05, 3.63) is 27.4 Å². The Morgan fingerprint density at radius 2 is 2.08 bits per heavy atom. The maximum Gasteiger partial charge on any atom is 0.184 e. The lowest BCUT2D eigenvalue weighted by atomic mass is 10.3. The minimum Gasteiger partial charge on any atom is -0.222 e. The third-order valence-electron chi connectivity index (χ3n) is 1.42. The van der Waals surface area contributed by atoms with Gasteiger partial charge in [-0.25, -0.2) is 9.37 Å². The van der Waals surface area contributed by atoms with Crippen LogP contribution in [0.2, 0.25) is 9.49 Å². The Morgan fingerprint density at radius 3 is 2.75 bits per heavy atom. The summed E-state index contributed by atoms with van der Waals surface area (Å²) in [5.41, 5.74) is 0.248. The summed E-state index contributed by atoms with van der Waals surface area (Å²) in [6.07, 6.45) is 0. The Bertz CT molecular complexity index is 401. The number of hydrogen-bond donors (Lipinski definition) is 0. The van der Waals surface area contributed by atoms with Crippen LogP contribution in [0.15, 0.2) is 12.1 Å². The van der Waals surface area contributed by atoms with E-state index in [2.05, 4.69) is 4.98 Å². The molecule has 2 rings (SSSR count). The van der Waals surface area contributed by atoms with Gasteiger partial charge in [-0.15, -0.1) is 11.3 Å². The molecular weight excluding hydrogens is 220 g/mol. The molecule has 0 aliphatic carbocycles. The van der Waals surface area contributed by atoms with Gasteiger partial charge in [0.1, 0.15) is 11.3 Å². The summed E-state index contributed by atoms with van der Waals surface area (Å²) >= 11 is 12.6. The second kappa shape index (κ2) is 2.83. The maximum absolute atomic E-state index is 13.0. The summed E-state index contributed by atoms with van der Waals surface area (Å²) in [6, 6.07) is 2.77. The smallest absolute Gasteiger partial charge is 0.184 e. The van der Waals surface area contributed by atoms with E-state index in [0.717, 1.165) is 0 Å². The molecule has 2 aromatic rings. The fraction of sp³-hybridized carbons (Fsp3) is 0. The molecule has 0 unspecified atom stereocenters. The molecule has 0 aliphatic rings. The summed E-state index contributed by atoms with van der Waals surface area (Å²) in [7, 11) is 0. The molecule has 0 saturated carbocycles. The van der Waals surface area contributed by atoms with Crippen molar-refractivity contribution in [2.75, 3.05) is 0 Å². The van der Waals surface area contributed by atoms with Gasteiger partial charge in [0.2, 0.25) is 0 Å². The average molecular weight is 222 g/mol. The fourth-order valence-corrected chi connectivity index (χ4v) is 2.21. The Balaban J connectivity index is 2.93. The molecule has 0 N–H and O–H groups in total. The number of benzene rings is 1. The standard InChI is InChI=1S/C7H2Cl2FNS/c8-3-1-2-4(10)5-6(3)12-7(9)11-5/h1-2H. The number of fused-ring (bicyclic) bond motifs is 1. The van der Waals surface area contributed by atoms with Crippen LogP contribution in [0.3, 0.4) is 0 Å². The van der Waals surface area contributed by atoms with E-state index >= 15 is 0 Å². The van der Waals surface area contributed by atoms with Crippen LogP contribution in [-0.2, 0) is 0 Å². The van der Waals surface area contributed by atoms with Crippen LogP contribution in [0.5, 0.6) is 0 Å². The molecule has 1 aromatic carbocycles. The number of rotatable bonds is 0. The highest BCUT2D eigenvalue weighted by Gasteiger charge is 2.09. The molecule has 0 bridgehead atoms. The molecule has 0 saturated heterocycles. The molecule has 1 aromatic heterocycles. The Labute approximate surface area is 81.7 Å². The van der Waals surface area contributed by atoms with Gasteiger partial charge in [-0.3, -0.25) is 0 Å². The van der Waals surface area contributed by atoms with Crippen LogP contribution >= 0.6 is 34.5 Å². The van der Waals surface area contributed by atoms with Gasteiger partial charge in [0.05, 0.1) is 9.72 Å². The van der Waals surface area contributed by atoms with E-state index in [0.29, 0.717) is 14.2 Å². The van der Waals surface area contributed by atoms with Crippen molar-refractivity contribution in [2.45, 2.75) is 0 Å². The van der Waals surface area contributed by atoms with Gasteiger partial charge in [-0.2, -0.15) is 0 Å². The van der Waals surface area contributed by atoms with Gasteiger partial charge in [0.25, 0.3) is 0 Å². The maximum atomic E-state index is 13.0. The van der Waals surface area contributed by atoms with Crippen molar-refractivity contribution in [1.29, 1.82) is 0 Å². The predicted molar refractivity (Wildman–Crippen MR) is 49.6 cm³/mol. The zero-order valence-corrected chi connectivity index (χ0v) is 7.97. The zero-order valence-electron chi connectivity index (χ0n) is 5.64. The minimum atomic E-state index is -0.391. The highest BCUT2D eigenvalue weighted by Crippen LogP contribution is 2.32. The summed E-state index contributed by atoms with van der Waals surface area (Å²) in [5, 5.41) is 0.482. The summed E-state index contributed by atoms with van der Waals surface area (Å²) in [6.45, 7) is 0. The largest absolute Gasteiger partial charge is 0.222 e. The number of aromatic nitrogens is 1. The molecule has 1 nitrogen and oxygen atoms in total. The first-order valence-electron chi connectivity index (χ1n) is 3.08. The summed E-state index contributed by atoms with van der Waals surface area (Å²) in [4.78, 5) is 3.80. The predicted octanol–water partition coefficient (Wildman–Crippen LogP) is 3.74. The molecule has 0 atom stereocenters. The van der Waals surface area contributed by atoms with Crippen molar-refractivity contribution in [3.63, 3.8) is 0 Å². The van der Waals surface area contributed by atoms with Gasteiger partial charge in [-0.1, -0.05) is 23.2 Å². The van der Waals surface area contributed by atoms with Gasteiger partial charge >= 0.3 is 0 Å². The third kappa shape index (κ3) is 1.18. The van der Waals surface area contributed by atoms with E-state index in [4.69, 9.17) is 23.2 Å². The van der Waals surface area contributed by atoms with Crippen LogP contribution in [-0.4, -0.2) is 4.98 Å². The molecule has 0 aliphatic heterocycles. The lowest BCUT2D eigenvalue weighted by Crippen LogP contribution is -1.76. The van der Waals surface area contributed by atoms with Gasteiger partial charge in [0.15, 0.2) is 4.47 Å². The molecule has 0 fully saturated rings. The zero-order chi connectivity index (χ0) is 8.72. The van der Waals surface area contributed by atoms with Crippen molar-refractivity contribution in [1.82, 2.24) is 4.98 Å². The second-order valence-corrected chi connectivity index (χ2v) is 4.16. The van der Waals surface area contributed by atoms with Gasteiger partial charge < -0.3 is 0 Å². The molecule has 1 heterocycles. The second-order valence-electron chi connectivity index (χ2n) is 2.17. The van der Waals surface area contributed by atoms with E-state index in [1.54, 1.807) is 0 Å². The lowest BCUT2D eigenvalue weighted by molar-refractivity contribution is 0.637. The topological polar surface area (TPSA) is 12.9 Å². The number of thiazole rings is 1. The molecule has 0 spiro atoms. The number of halogens is 3. The van der Waals surface area contributed by atoms with Crippen LogP contribution in [0.1, 0.15) is 0 Å². The molecule has 5 heteroatoms. The monoisotopic (exact) mass is 221 g/mol. The Morgan fingerprint density at radius 1 is 1.33 bits per heavy atom. The SMILES string of the molecule is Fc1ccc(Cl)c2sc(Cl)nc12. The summed E-state index contributed by atoms with van der Waals surface area (Å²) < 4.78 is 13.9. The quantitative estimate of drug-likeness (QED) is 0.661. The van der Waals surface area contributed by atoms with Crippen LogP contribution in [0.25, 0.3) is 10.2 Å². The van der Waals surface area contributed by atoms with Crippen LogP contribution < -0.4 is 0 Å². The first-order chi connectivity index (χ1) is 5.68. The number of nitrogens with zero attached hydrogens (tertiary/aromatic N) is 1. The first kappa shape index (κ1) is 8.23. The average Bonchev–Trinajstić information content (AvgIpc) is 2.41. The van der Waals surface area contributed by atoms with E-state index in [-0.39, 0.29) is 5.52 Å². The molecule has 0 amide bonds.